The van der Waals surface area contributed by atoms with Crippen LogP contribution in [0.3, 0.4) is 0 Å². The van der Waals surface area contributed by atoms with Crippen LogP contribution < -0.4 is 5.56 Å². The molecule has 0 aliphatic rings. The maximum atomic E-state index is 11.8. The van der Waals surface area contributed by atoms with Gasteiger partial charge in [-0.25, -0.2) is 0 Å². The Balaban J connectivity index is 2.00. The predicted octanol–water partition coefficient (Wildman–Crippen LogP) is 3.42. The second kappa shape index (κ2) is 6.24. The highest BCUT2D eigenvalue weighted by Crippen LogP contribution is 2.25. The van der Waals surface area contributed by atoms with E-state index >= 15 is 0 Å². The van der Waals surface area contributed by atoms with E-state index in [9.17, 15) is 4.79 Å². The lowest BCUT2D eigenvalue weighted by atomic mass is 10.0. The molecule has 118 valence electrons. The van der Waals surface area contributed by atoms with E-state index in [4.69, 9.17) is 0 Å². The molecule has 1 aromatic carbocycles. The molecule has 0 saturated carbocycles. The number of aryl methyl sites for hydroxylation is 2. The van der Waals surface area contributed by atoms with Crippen LogP contribution in [-0.2, 0) is 13.5 Å². The minimum absolute atomic E-state index is 0.0237. The maximum absolute atomic E-state index is 11.8. The summed E-state index contributed by atoms with van der Waals surface area (Å²) in [6.45, 7) is 4.20. The molecule has 0 aliphatic heterocycles. The molecule has 4 nitrogen and oxygen atoms in total. The average Bonchev–Trinajstić information content (AvgIpc) is 3.06. The Bertz CT molecular complexity index is 862. The lowest BCUT2D eigenvalue weighted by Crippen LogP contribution is -2.16. The zero-order valence-electron chi connectivity index (χ0n) is 13.7. The fourth-order valence-electron chi connectivity index (χ4n) is 2.79. The standard InChI is InChI=1S/C19H21N3O/c1-4-15-10-19(23)21(3)13-18(15)17-11-20-22(12-17)14(2)16-8-6-5-7-9-16/h5-14H,4H2,1-3H3. The Morgan fingerprint density at radius 1 is 1.17 bits per heavy atom. The van der Waals surface area contributed by atoms with Crippen LogP contribution in [0.15, 0.2) is 59.8 Å². The summed E-state index contributed by atoms with van der Waals surface area (Å²) >= 11 is 0. The van der Waals surface area contributed by atoms with Gasteiger partial charge in [-0.1, -0.05) is 37.3 Å². The summed E-state index contributed by atoms with van der Waals surface area (Å²) in [4.78, 5) is 11.8. The van der Waals surface area contributed by atoms with Gasteiger partial charge in [0.1, 0.15) is 0 Å². The van der Waals surface area contributed by atoms with Gasteiger partial charge in [-0.15, -0.1) is 0 Å². The Hall–Kier alpha value is -2.62. The molecule has 1 unspecified atom stereocenters. The number of benzene rings is 1. The summed E-state index contributed by atoms with van der Waals surface area (Å²) in [6, 6.07) is 12.2. The van der Waals surface area contributed by atoms with Crippen LogP contribution in [0.5, 0.6) is 0 Å². The van der Waals surface area contributed by atoms with Crippen molar-refractivity contribution < 1.29 is 0 Å². The van der Waals surface area contributed by atoms with Crippen molar-refractivity contribution in [3.63, 3.8) is 0 Å². The third kappa shape index (κ3) is 2.97. The van der Waals surface area contributed by atoms with Crippen molar-refractivity contribution in [2.45, 2.75) is 26.3 Å². The summed E-state index contributed by atoms with van der Waals surface area (Å²) in [5.41, 5.74) is 4.41. The van der Waals surface area contributed by atoms with E-state index in [0.29, 0.717) is 0 Å². The molecule has 3 rings (SSSR count). The van der Waals surface area contributed by atoms with Gasteiger partial charge in [0.2, 0.25) is 0 Å². The summed E-state index contributed by atoms with van der Waals surface area (Å²) in [5, 5.41) is 4.53. The second-order valence-corrected chi connectivity index (χ2v) is 5.81. The van der Waals surface area contributed by atoms with Crippen molar-refractivity contribution in [1.29, 1.82) is 0 Å². The Morgan fingerprint density at radius 2 is 1.91 bits per heavy atom. The summed E-state index contributed by atoms with van der Waals surface area (Å²) in [6.07, 6.45) is 6.65. The normalized spacial score (nSPS) is 12.3. The van der Waals surface area contributed by atoms with Crippen LogP contribution in [0.25, 0.3) is 11.1 Å². The van der Waals surface area contributed by atoms with Gasteiger partial charge in [-0.05, 0) is 24.5 Å². The quantitative estimate of drug-likeness (QED) is 0.741. The van der Waals surface area contributed by atoms with E-state index in [0.717, 1.165) is 23.1 Å². The van der Waals surface area contributed by atoms with Gasteiger partial charge in [0.05, 0.1) is 12.2 Å². The van der Waals surface area contributed by atoms with E-state index in [1.165, 1.54) is 5.56 Å². The van der Waals surface area contributed by atoms with Gasteiger partial charge in [0, 0.05) is 36.6 Å². The fourth-order valence-corrected chi connectivity index (χ4v) is 2.79. The van der Waals surface area contributed by atoms with Crippen molar-refractivity contribution in [3.8, 4) is 11.1 Å². The lowest BCUT2D eigenvalue weighted by Gasteiger charge is -2.12. The highest BCUT2D eigenvalue weighted by Gasteiger charge is 2.12. The molecule has 0 aliphatic carbocycles. The van der Waals surface area contributed by atoms with Crippen molar-refractivity contribution in [3.05, 3.63) is 76.5 Å². The topological polar surface area (TPSA) is 39.8 Å². The van der Waals surface area contributed by atoms with E-state index in [1.54, 1.807) is 17.7 Å². The molecule has 0 radical (unpaired) electrons. The zero-order chi connectivity index (χ0) is 16.4. The Kier molecular flexibility index (Phi) is 4.15. The molecule has 0 saturated heterocycles. The third-order valence-corrected chi connectivity index (χ3v) is 4.29. The molecule has 23 heavy (non-hydrogen) atoms. The summed E-state index contributed by atoms with van der Waals surface area (Å²) in [7, 11) is 1.78. The van der Waals surface area contributed by atoms with Crippen LogP contribution in [0.1, 0.15) is 31.0 Å². The first-order chi connectivity index (χ1) is 11.1. The summed E-state index contributed by atoms with van der Waals surface area (Å²) < 4.78 is 3.58. The molecule has 0 amide bonds. The molecular weight excluding hydrogens is 286 g/mol. The molecule has 4 heteroatoms. The number of hydrogen-bond acceptors (Lipinski definition) is 2. The van der Waals surface area contributed by atoms with Crippen LogP contribution in [0.4, 0.5) is 0 Å². The summed E-state index contributed by atoms with van der Waals surface area (Å²) in [5.74, 6) is 0. The third-order valence-electron chi connectivity index (χ3n) is 4.29. The number of pyridine rings is 1. The van der Waals surface area contributed by atoms with Crippen molar-refractivity contribution in [2.24, 2.45) is 7.05 Å². The molecule has 0 bridgehead atoms. The second-order valence-electron chi connectivity index (χ2n) is 5.81. The average molecular weight is 307 g/mol. The molecule has 0 fully saturated rings. The molecule has 2 aromatic heterocycles. The van der Waals surface area contributed by atoms with Crippen molar-refractivity contribution in [2.75, 3.05) is 0 Å². The fraction of sp³-hybridized carbons (Fsp3) is 0.263. The minimum atomic E-state index is 0.0237. The van der Waals surface area contributed by atoms with E-state index < -0.39 is 0 Å². The monoisotopic (exact) mass is 307 g/mol. The van der Waals surface area contributed by atoms with E-state index in [-0.39, 0.29) is 11.6 Å². The van der Waals surface area contributed by atoms with Crippen LogP contribution in [0, 0.1) is 0 Å². The Labute approximate surface area is 136 Å². The van der Waals surface area contributed by atoms with Gasteiger partial charge >= 0.3 is 0 Å². The van der Waals surface area contributed by atoms with Gasteiger partial charge in [0.15, 0.2) is 0 Å². The van der Waals surface area contributed by atoms with E-state index in [2.05, 4.69) is 37.3 Å². The SMILES string of the molecule is CCc1cc(=O)n(C)cc1-c1cnn(C(C)c2ccccc2)c1. The Morgan fingerprint density at radius 3 is 2.61 bits per heavy atom. The lowest BCUT2D eigenvalue weighted by molar-refractivity contribution is 0.565. The maximum Gasteiger partial charge on any atom is 0.250 e. The molecule has 1 atom stereocenters. The predicted molar refractivity (Wildman–Crippen MR) is 92.5 cm³/mol. The van der Waals surface area contributed by atoms with Crippen molar-refractivity contribution in [1.82, 2.24) is 14.3 Å². The molecule has 2 heterocycles. The van der Waals surface area contributed by atoms with Crippen LogP contribution in [-0.4, -0.2) is 14.3 Å². The smallest absolute Gasteiger partial charge is 0.250 e. The number of rotatable bonds is 4. The highest BCUT2D eigenvalue weighted by atomic mass is 16.1. The number of hydrogen-bond donors (Lipinski definition) is 0. The van der Waals surface area contributed by atoms with Gasteiger partial charge < -0.3 is 4.57 Å². The first-order valence-electron chi connectivity index (χ1n) is 7.89. The zero-order valence-corrected chi connectivity index (χ0v) is 13.7. The van der Waals surface area contributed by atoms with Crippen molar-refractivity contribution >= 4 is 0 Å². The van der Waals surface area contributed by atoms with Gasteiger partial charge in [0.25, 0.3) is 5.56 Å². The van der Waals surface area contributed by atoms with Crippen LogP contribution in [0.2, 0.25) is 0 Å². The van der Waals surface area contributed by atoms with Crippen LogP contribution >= 0.6 is 0 Å². The van der Waals surface area contributed by atoms with Gasteiger partial charge in [-0.2, -0.15) is 5.10 Å². The minimum Gasteiger partial charge on any atom is -0.318 e. The first kappa shape index (κ1) is 15.3. The molecular formula is C19H21N3O. The molecule has 0 spiro atoms. The first-order valence-corrected chi connectivity index (χ1v) is 7.89. The molecule has 0 N–H and O–H groups in total. The van der Waals surface area contributed by atoms with Gasteiger partial charge in [-0.3, -0.25) is 9.48 Å². The van der Waals surface area contributed by atoms with E-state index in [1.807, 2.05) is 35.3 Å². The highest BCUT2D eigenvalue weighted by molar-refractivity contribution is 5.65. The largest absolute Gasteiger partial charge is 0.318 e. The molecule has 3 aromatic rings. The number of aromatic nitrogens is 3. The number of nitrogens with zero attached hydrogens (tertiary/aromatic N) is 3.